The number of aromatic nitrogens is 3. The Morgan fingerprint density at radius 3 is 3.08 bits per heavy atom. The van der Waals surface area contributed by atoms with E-state index in [0.29, 0.717) is 11.7 Å². The van der Waals surface area contributed by atoms with Crippen LogP contribution >= 0.6 is 0 Å². The molecule has 1 N–H and O–H groups in total. The topological polar surface area (TPSA) is 72.3 Å². The lowest BCUT2D eigenvalue weighted by Gasteiger charge is -2.35. The number of likely N-dealkylation sites (tertiary alicyclic amines) is 1. The first kappa shape index (κ1) is 16.3. The van der Waals surface area contributed by atoms with Gasteiger partial charge in [-0.15, -0.1) is 0 Å². The molecule has 3 rings (SSSR count). The second-order valence-electron chi connectivity index (χ2n) is 5.80. The molecule has 1 atom stereocenters. The van der Waals surface area contributed by atoms with E-state index in [1.165, 1.54) is 0 Å². The van der Waals surface area contributed by atoms with Crippen LogP contribution in [-0.2, 0) is 6.54 Å². The van der Waals surface area contributed by atoms with Crippen molar-refractivity contribution in [3.63, 3.8) is 0 Å². The van der Waals surface area contributed by atoms with Crippen LogP contribution in [0.3, 0.4) is 0 Å². The van der Waals surface area contributed by atoms with Crippen molar-refractivity contribution in [2.45, 2.75) is 38.8 Å². The third kappa shape index (κ3) is 3.34. The van der Waals surface area contributed by atoms with Gasteiger partial charge in [0, 0.05) is 19.2 Å². The minimum Gasteiger partial charge on any atom is -0.481 e. The van der Waals surface area contributed by atoms with E-state index < -0.39 is 0 Å². The SMILES string of the molecule is CCn1cncc1C1CCCCN1C(=O)Nc1cccc(OC)n1. The van der Waals surface area contributed by atoms with E-state index in [0.717, 1.165) is 38.0 Å². The maximum Gasteiger partial charge on any atom is 0.323 e. The molecule has 7 heteroatoms. The molecule has 7 nitrogen and oxygen atoms in total. The summed E-state index contributed by atoms with van der Waals surface area (Å²) < 4.78 is 7.20. The first-order valence-corrected chi connectivity index (χ1v) is 8.31. The molecule has 1 saturated heterocycles. The Labute approximate surface area is 141 Å². The van der Waals surface area contributed by atoms with Crippen LogP contribution in [-0.4, -0.2) is 39.1 Å². The molecular formula is C17H23N5O2. The van der Waals surface area contributed by atoms with E-state index in [1.54, 1.807) is 25.3 Å². The summed E-state index contributed by atoms with van der Waals surface area (Å²) in [5.74, 6) is 0.972. The monoisotopic (exact) mass is 329 g/mol. The minimum atomic E-state index is -0.135. The van der Waals surface area contributed by atoms with Crippen LogP contribution < -0.4 is 10.1 Å². The quantitative estimate of drug-likeness (QED) is 0.935. The maximum absolute atomic E-state index is 12.8. The standard InChI is InChI=1S/C17H23N5O2/c1-3-21-12-18-11-14(21)13-7-4-5-10-22(13)17(23)20-15-8-6-9-16(19-15)24-2/h6,8-9,11-13H,3-5,7,10H2,1-2H3,(H,19,20,23). The number of imidazole rings is 1. The number of carbonyl (C=O) groups is 1. The van der Waals surface area contributed by atoms with E-state index in [9.17, 15) is 4.79 Å². The van der Waals surface area contributed by atoms with Crippen molar-refractivity contribution in [2.24, 2.45) is 0 Å². The first-order chi connectivity index (χ1) is 11.7. The van der Waals surface area contributed by atoms with Gasteiger partial charge >= 0.3 is 6.03 Å². The fourth-order valence-corrected chi connectivity index (χ4v) is 3.13. The molecule has 3 heterocycles. The molecule has 0 radical (unpaired) electrons. The summed E-state index contributed by atoms with van der Waals surface area (Å²) in [5, 5.41) is 2.88. The number of amides is 2. The Bertz CT molecular complexity index is 700. The highest BCUT2D eigenvalue weighted by Gasteiger charge is 2.30. The average Bonchev–Trinajstić information content (AvgIpc) is 3.10. The highest BCUT2D eigenvalue weighted by atomic mass is 16.5. The lowest BCUT2D eigenvalue weighted by atomic mass is 10.00. The molecule has 0 spiro atoms. The largest absolute Gasteiger partial charge is 0.481 e. The van der Waals surface area contributed by atoms with Gasteiger partial charge in [-0.05, 0) is 32.3 Å². The highest BCUT2D eigenvalue weighted by Crippen LogP contribution is 2.31. The number of piperidine rings is 1. The van der Waals surface area contributed by atoms with Crippen molar-refractivity contribution in [3.8, 4) is 5.88 Å². The molecule has 2 aromatic rings. The summed E-state index contributed by atoms with van der Waals surface area (Å²) in [5.41, 5.74) is 1.09. The Hall–Kier alpha value is -2.57. The number of carbonyl (C=O) groups excluding carboxylic acids is 1. The molecule has 0 saturated carbocycles. The molecule has 1 unspecified atom stereocenters. The van der Waals surface area contributed by atoms with E-state index >= 15 is 0 Å². The van der Waals surface area contributed by atoms with Gasteiger partial charge in [0.25, 0.3) is 0 Å². The van der Waals surface area contributed by atoms with Crippen molar-refractivity contribution >= 4 is 11.8 Å². The number of urea groups is 1. The third-order valence-corrected chi connectivity index (χ3v) is 4.36. The zero-order chi connectivity index (χ0) is 16.9. The molecule has 0 aliphatic carbocycles. The van der Waals surface area contributed by atoms with Crippen molar-refractivity contribution in [1.29, 1.82) is 0 Å². The molecule has 0 bridgehead atoms. The van der Waals surface area contributed by atoms with Gasteiger partial charge in [0.2, 0.25) is 5.88 Å². The predicted octanol–water partition coefficient (Wildman–Crippen LogP) is 3.07. The lowest BCUT2D eigenvalue weighted by molar-refractivity contribution is 0.159. The van der Waals surface area contributed by atoms with Crippen LogP contribution in [0.4, 0.5) is 10.6 Å². The van der Waals surface area contributed by atoms with Crippen molar-refractivity contribution in [2.75, 3.05) is 19.0 Å². The van der Waals surface area contributed by atoms with Crippen LogP contribution in [0, 0.1) is 0 Å². The molecule has 128 valence electrons. The van der Waals surface area contributed by atoms with Gasteiger partial charge in [-0.3, -0.25) is 5.32 Å². The molecule has 1 aliphatic heterocycles. The Morgan fingerprint density at radius 1 is 1.42 bits per heavy atom. The zero-order valence-corrected chi connectivity index (χ0v) is 14.1. The van der Waals surface area contributed by atoms with Gasteiger partial charge in [-0.2, -0.15) is 4.98 Å². The van der Waals surface area contributed by atoms with Gasteiger partial charge in [-0.25, -0.2) is 9.78 Å². The fourth-order valence-electron chi connectivity index (χ4n) is 3.13. The lowest BCUT2D eigenvalue weighted by Crippen LogP contribution is -2.42. The maximum atomic E-state index is 12.8. The average molecular weight is 329 g/mol. The van der Waals surface area contributed by atoms with Crippen molar-refractivity contribution in [1.82, 2.24) is 19.4 Å². The molecule has 1 fully saturated rings. The van der Waals surface area contributed by atoms with Crippen LogP contribution in [0.25, 0.3) is 0 Å². The summed E-state index contributed by atoms with van der Waals surface area (Å²) >= 11 is 0. The molecule has 2 aromatic heterocycles. The van der Waals surface area contributed by atoms with Gasteiger partial charge in [0.05, 0.1) is 31.4 Å². The molecular weight excluding hydrogens is 306 g/mol. The summed E-state index contributed by atoms with van der Waals surface area (Å²) in [4.78, 5) is 23.2. The zero-order valence-electron chi connectivity index (χ0n) is 14.1. The Kier molecular flexibility index (Phi) is 4.98. The molecule has 0 aromatic carbocycles. The summed E-state index contributed by atoms with van der Waals surface area (Å²) in [7, 11) is 1.56. The summed E-state index contributed by atoms with van der Waals surface area (Å²) in [6.07, 6.45) is 6.76. The Morgan fingerprint density at radius 2 is 2.29 bits per heavy atom. The van der Waals surface area contributed by atoms with Crippen LogP contribution in [0.5, 0.6) is 5.88 Å². The predicted molar refractivity (Wildman–Crippen MR) is 91.0 cm³/mol. The van der Waals surface area contributed by atoms with Crippen molar-refractivity contribution < 1.29 is 9.53 Å². The van der Waals surface area contributed by atoms with Gasteiger partial charge in [-0.1, -0.05) is 6.07 Å². The fraction of sp³-hybridized carbons (Fsp3) is 0.471. The number of ether oxygens (including phenoxy) is 1. The number of nitrogens with one attached hydrogen (secondary N) is 1. The minimum absolute atomic E-state index is 0.0480. The summed E-state index contributed by atoms with van der Waals surface area (Å²) in [6, 6.07) is 5.23. The van der Waals surface area contributed by atoms with E-state index in [2.05, 4.69) is 26.8 Å². The second kappa shape index (κ2) is 7.33. The van der Waals surface area contributed by atoms with Crippen LogP contribution in [0.15, 0.2) is 30.7 Å². The van der Waals surface area contributed by atoms with Crippen molar-refractivity contribution in [3.05, 3.63) is 36.4 Å². The van der Waals surface area contributed by atoms with Gasteiger partial charge in [0.15, 0.2) is 0 Å². The Balaban J connectivity index is 1.78. The number of anilines is 1. The van der Waals surface area contributed by atoms with Crippen LogP contribution in [0.2, 0.25) is 0 Å². The number of nitrogens with zero attached hydrogens (tertiary/aromatic N) is 4. The van der Waals surface area contributed by atoms with E-state index in [-0.39, 0.29) is 12.1 Å². The molecule has 2 amide bonds. The number of pyridine rings is 1. The molecule has 24 heavy (non-hydrogen) atoms. The third-order valence-electron chi connectivity index (χ3n) is 4.36. The normalized spacial score (nSPS) is 17.6. The van der Waals surface area contributed by atoms with E-state index in [4.69, 9.17) is 4.74 Å². The number of aryl methyl sites for hydroxylation is 1. The first-order valence-electron chi connectivity index (χ1n) is 8.31. The number of hydrogen-bond acceptors (Lipinski definition) is 4. The van der Waals surface area contributed by atoms with Gasteiger partial charge < -0.3 is 14.2 Å². The molecule has 1 aliphatic rings. The number of methoxy groups -OCH3 is 1. The summed E-state index contributed by atoms with van der Waals surface area (Å²) in [6.45, 7) is 3.66. The number of rotatable bonds is 4. The second-order valence-corrected chi connectivity index (χ2v) is 5.80. The smallest absolute Gasteiger partial charge is 0.323 e. The van der Waals surface area contributed by atoms with E-state index in [1.807, 2.05) is 17.4 Å². The van der Waals surface area contributed by atoms with Gasteiger partial charge in [0.1, 0.15) is 5.82 Å². The number of hydrogen-bond donors (Lipinski definition) is 1. The van der Waals surface area contributed by atoms with Crippen LogP contribution in [0.1, 0.15) is 37.9 Å². The highest BCUT2D eigenvalue weighted by molar-refractivity contribution is 5.88.